The van der Waals surface area contributed by atoms with Crippen molar-refractivity contribution < 1.29 is 31.6 Å². The Bertz CT molecular complexity index is 1220. The smallest absolute Gasteiger partial charge is 0.298 e. The molecule has 0 atom stereocenters. The highest BCUT2D eigenvalue weighted by Crippen LogP contribution is 2.48. The number of aryl methyl sites for hydroxylation is 1. The Morgan fingerprint density at radius 1 is 0.929 bits per heavy atom. The van der Waals surface area contributed by atoms with E-state index in [4.69, 9.17) is 18.6 Å². The minimum atomic E-state index is -4.67. The van der Waals surface area contributed by atoms with E-state index in [1.165, 1.54) is 27.4 Å². The maximum absolute atomic E-state index is 12.6. The summed E-state index contributed by atoms with van der Waals surface area (Å²) in [6, 6.07) is 7.45. The Labute approximate surface area is 161 Å². The quantitative estimate of drug-likeness (QED) is 0.644. The van der Waals surface area contributed by atoms with Gasteiger partial charge in [-0.3, -0.25) is 9.35 Å². The number of rotatable bonds is 5. The standard InChI is InChI=1S/C19H18O8S/c1-10-5-6-14-11(7-10)13(20)9-15(27-14)12-8-16(28(21,22)23)18(25-3)19(26-4)17(12)24-2/h5-9H,1-4H3,(H,21,22,23). The van der Waals surface area contributed by atoms with Gasteiger partial charge in [0, 0.05) is 6.07 Å². The Morgan fingerprint density at radius 2 is 1.57 bits per heavy atom. The number of hydrogen-bond donors (Lipinski definition) is 1. The van der Waals surface area contributed by atoms with Crippen molar-refractivity contribution in [3.05, 3.63) is 46.1 Å². The first-order chi connectivity index (χ1) is 13.2. The summed E-state index contributed by atoms with van der Waals surface area (Å²) in [6.07, 6.45) is 0. The van der Waals surface area contributed by atoms with E-state index in [1.807, 2.05) is 6.92 Å². The van der Waals surface area contributed by atoms with Crippen LogP contribution in [0.3, 0.4) is 0 Å². The number of ether oxygens (including phenoxy) is 3. The van der Waals surface area contributed by atoms with E-state index < -0.39 is 15.0 Å². The minimum Gasteiger partial charge on any atom is -0.492 e. The molecule has 0 aliphatic heterocycles. The molecule has 28 heavy (non-hydrogen) atoms. The van der Waals surface area contributed by atoms with Crippen molar-refractivity contribution in [3.63, 3.8) is 0 Å². The fourth-order valence-corrected chi connectivity index (χ4v) is 3.64. The summed E-state index contributed by atoms with van der Waals surface area (Å²) < 4.78 is 54.9. The molecule has 2 aromatic carbocycles. The van der Waals surface area contributed by atoms with Crippen molar-refractivity contribution in [2.24, 2.45) is 0 Å². The monoisotopic (exact) mass is 406 g/mol. The van der Waals surface area contributed by atoms with Crippen molar-refractivity contribution >= 4 is 21.1 Å². The first-order valence-corrected chi connectivity index (χ1v) is 9.50. The highest BCUT2D eigenvalue weighted by atomic mass is 32.2. The molecule has 0 saturated heterocycles. The summed E-state index contributed by atoms with van der Waals surface area (Å²) in [7, 11) is -0.813. The number of methoxy groups -OCH3 is 3. The minimum absolute atomic E-state index is 0.0454. The highest BCUT2D eigenvalue weighted by Gasteiger charge is 2.28. The molecular formula is C19H18O8S. The topological polar surface area (TPSA) is 112 Å². The Balaban J connectivity index is 2.43. The van der Waals surface area contributed by atoms with Gasteiger partial charge in [-0.05, 0) is 25.1 Å². The third-order valence-electron chi connectivity index (χ3n) is 4.19. The van der Waals surface area contributed by atoms with Crippen molar-refractivity contribution in [2.45, 2.75) is 11.8 Å². The van der Waals surface area contributed by atoms with Gasteiger partial charge in [-0.2, -0.15) is 8.42 Å². The molecule has 3 rings (SSSR count). The molecule has 0 aliphatic rings. The largest absolute Gasteiger partial charge is 0.492 e. The van der Waals surface area contributed by atoms with E-state index in [1.54, 1.807) is 18.2 Å². The lowest BCUT2D eigenvalue weighted by molar-refractivity contribution is 0.318. The van der Waals surface area contributed by atoms with Crippen LogP contribution in [0.1, 0.15) is 5.56 Å². The van der Waals surface area contributed by atoms with Gasteiger partial charge in [0.05, 0.1) is 32.3 Å². The first-order valence-electron chi connectivity index (χ1n) is 8.06. The van der Waals surface area contributed by atoms with E-state index in [-0.39, 0.29) is 34.0 Å². The molecule has 0 unspecified atom stereocenters. The van der Waals surface area contributed by atoms with Crippen LogP contribution in [-0.4, -0.2) is 34.3 Å². The molecule has 9 heteroatoms. The summed E-state index contributed by atoms with van der Waals surface area (Å²) in [5.74, 6) is -0.170. The molecular weight excluding hydrogens is 388 g/mol. The summed E-state index contributed by atoms with van der Waals surface area (Å²) in [4.78, 5) is 12.0. The van der Waals surface area contributed by atoms with Crippen LogP contribution in [0.2, 0.25) is 0 Å². The molecule has 0 saturated carbocycles. The second-order valence-corrected chi connectivity index (χ2v) is 7.36. The van der Waals surface area contributed by atoms with Gasteiger partial charge < -0.3 is 18.6 Å². The normalized spacial score (nSPS) is 11.5. The van der Waals surface area contributed by atoms with Crippen LogP contribution in [0, 0.1) is 6.92 Å². The van der Waals surface area contributed by atoms with E-state index in [0.29, 0.717) is 11.0 Å². The zero-order chi connectivity index (χ0) is 20.6. The lowest BCUT2D eigenvalue weighted by Crippen LogP contribution is -2.07. The van der Waals surface area contributed by atoms with Gasteiger partial charge >= 0.3 is 0 Å². The first kappa shape index (κ1) is 19.7. The second-order valence-electron chi connectivity index (χ2n) is 5.97. The highest BCUT2D eigenvalue weighted by molar-refractivity contribution is 7.86. The Hall–Kier alpha value is -3.04. The van der Waals surface area contributed by atoms with Crippen LogP contribution in [0.25, 0.3) is 22.3 Å². The third-order valence-corrected chi connectivity index (χ3v) is 5.05. The van der Waals surface area contributed by atoms with Crippen LogP contribution in [0.5, 0.6) is 17.2 Å². The number of hydrogen-bond acceptors (Lipinski definition) is 7. The molecule has 0 spiro atoms. The molecule has 0 bridgehead atoms. The van der Waals surface area contributed by atoms with E-state index in [2.05, 4.69) is 0 Å². The van der Waals surface area contributed by atoms with Gasteiger partial charge in [-0.25, -0.2) is 0 Å². The summed E-state index contributed by atoms with van der Waals surface area (Å²) in [6.45, 7) is 1.85. The molecule has 0 aliphatic carbocycles. The second kappa shape index (κ2) is 7.17. The summed E-state index contributed by atoms with van der Waals surface area (Å²) >= 11 is 0. The Kier molecular flexibility index (Phi) is 5.05. The van der Waals surface area contributed by atoms with Crippen LogP contribution < -0.4 is 19.6 Å². The molecule has 0 fully saturated rings. The molecule has 148 valence electrons. The van der Waals surface area contributed by atoms with Gasteiger partial charge in [0.25, 0.3) is 10.1 Å². The van der Waals surface area contributed by atoms with Gasteiger partial charge in [0.2, 0.25) is 5.75 Å². The lowest BCUT2D eigenvalue weighted by atomic mass is 10.1. The fourth-order valence-electron chi connectivity index (χ4n) is 2.96. The fraction of sp³-hybridized carbons (Fsp3) is 0.211. The van der Waals surface area contributed by atoms with Crippen molar-refractivity contribution in [1.29, 1.82) is 0 Å². The van der Waals surface area contributed by atoms with Crippen LogP contribution in [0.15, 0.2) is 44.4 Å². The third kappa shape index (κ3) is 3.30. The van der Waals surface area contributed by atoms with Crippen molar-refractivity contribution in [2.75, 3.05) is 21.3 Å². The van der Waals surface area contributed by atoms with Gasteiger partial charge in [0.1, 0.15) is 16.2 Å². The maximum Gasteiger partial charge on any atom is 0.298 e. The van der Waals surface area contributed by atoms with E-state index >= 15 is 0 Å². The lowest BCUT2D eigenvalue weighted by Gasteiger charge is -2.18. The zero-order valence-electron chi connectivity index (χ0n) is 15.6. The molecule has 0 amide bonds. The molecule has 1 heterocycles. The van der Waals surface area contributed by atoms with Gasteiger partial charge in [-0.15, -0.1) is 0 Å². The predicted octanol–water partition coefficient (Wildman–Crippen LogP) is 3.04. The molecule has 1 N–H and O–H groups in total. The van der Waals surface area contributed by atoms with Gasteiger partial charge in [0.15, 0.2) is 16.9 Å². The number of benzene rings is 2. The summed E-state index contributed by atoms with van der Waals surface area (Å²) in [5, 5.41) is 0.387. The molecule has 8 nitrogen and oxygen atoms in total. The molecule has 3 aromatic rings. The zero-order valence-corrected chi connectivity index (χ0v) is 16.4. The van der Waals surface area contributed by atoms with Crippen LogP contribution in [0.4, 0.5) is 0 Å². The average molecular weight is 406 g/mol. The van der Waals surface area contributed by atoms with Crippen molar-refractivity contribution in [3.8, 4) is 28.6 Å². The van der Waals surface area contributed by atoms with Crippen LogP contribution in [-0.2, 0) is 10.1 Å². The summed E-state index contributed by atoms with van der Waals surface area (Å²) in [5.41, 5.74) is 1.00. The van der Waals surface area contributed by atoms with E-state index in [0.717, 1.165) is 11.6 Å². The Morgan fingerprint density at radius 3 is 2.14 bits per heavy atom. The van der Waals surface area contributed by atoms with E-state index in [9.17, 15) is 17.8 Å². The number of fused-ring (bicyclic) bond motifs is 1. The SMILES string of the molecule is COc1c(-c2cc(=O)c3cc(C)ccc3o2)cc(S(=O)(=O)O)c(OC)c1OC. The molecule has 0 radical (unpaired) electrons. The van der Waals surface area contributed by atoms with Gasteiger partial charge in [-0.1, -0.05) is 11.6 Å². The maximum atomic E-state index is 12.6. The average Bonchev–Trinajstić information content (AvgIpc) is 2.65. The van der Waals surface area contributed by atoms with Crippen molar-refractivity contribution in [1.82, 2.24) is 0 Å². The predicted molar refractivity (Wildman–Crippen MR) is 102 cm³/mol. The molecule has 1 aromatic heterocycles. The van der Waals surface area contributed by atoms with Crippen LogP contribution >= 0.6 is 0 Å².